The summed E-state index contributed by atoms with van der Waals surface area (Å²) >= 11 is -0.204. The Kier molecular flexibility index (Phi) is 6.96. The van der Waals surface area contributed by atoms with Gasteiger partial charge in [0.15, 0.2) is 5.57 Å². The van der Waals surface area contributed by atoms with E-state index in [1.165, 1.54) is 32.0 Å². The number of thioether (sulfide) groups is 1. The first kappa shape index (κ1) is 22.3. The molecule has 1 heterocycles. The van der Waals surface area contributed by atoms with Gasteiger partial charge in [-0.05, 0) is 42.0 Å². The standard InChI is InChI=1S/C18H18F3N3O4S/c1-17(2)27-15(25)13(16(26)28-17)10-23-14(24-22-3)8-7-11-5-4-6-12(9-11)29-18(19,20)21/h4-6,8-10,23-24H,3,7H2,1-2H3/b14-8-. The quantitative estimate of drug-likeness (QED) is 0.172. The predicted molar refractivity (Wildman–Crippen MR) is 100 cm³/mol. The molecule has 0 spiro atoms. The Morgan fingerprint density at radius 1 is 1.28 bits per heavy atom. The summed E-state index contributed by atoms with van der Waals surface area (Å²) in [7, 11) is 0. The van der Waals surface area contributed by atoms with Crippen LogP contribution in [0, 0.1) is 0 Å². The van der Waals surface area contributed by atoms with E-state index in [9.17, 15) is 22.8 Å². The Labute approximate surface area is 169 Å². The van der Waals surface area contributed by atoms with E-state index in [-0.39, 0.29) is 34.5 Å². The van der Waals surface area contributed by atoms with Gasteiger partial charge in [0.2, 0.25) is 0 Å². The Balaban J connectivity index is 2.11. The zero-order valence-electron chi connectivity index (χ0n) is 15.5. The van der Waals surface area contributed by atoms with E-state index in [0.717, 1.165) is 6.20 Å². The molecule has 0 amide bonds. The molecule has 156 valence electrons. The van der Waals surface area contributed by atoms with Crippen molar-refractivity contribution in [2.75, 3.05) is 0 Å². The highest BCUT2D eigenvalue weighted by molar-refractivity contribution is 8.00. The van der Waals surface area contributed by atoms with Gasteiger partial charge >= 0.3 is 17.4 Å². The minimum absolute atomic E-state index is 0.0603. The highest BCUT2D eigenvalue weighted by Crippen LogP contribution is 2.37. The van der Waals surface area contributed by atoms with E-state index in [4.69, 9.17) is 9.47 Å². The molecular formula is C18H18F3N3O4S. The predicted octanol–water partition coefficient (Wildman–Crippen LogP) is 3.20. The summed E-state index contributed by atoms with van der Waals surface area (Å²) in [6.07, 6.45) is 2.88. The number of nitrogens with zero attached hydrogens (tertiary/aromatic N) is 1. The number of alkyl halides is 3. The summed E-state index contributed by atoms with van der Waals surface area (Å²) in [4.78, 5) is 23.9. The summed E-state index contributed by atoms with van der Waals surface area (Å²) in [5, 5.41) is 6.16. The number of hydrazone groups is 1. The van der Waals surface area contributed by atoms with Crippen molar-refractivity contribution in [1.82, 2.24) is 10.7 Å². The van der Waals surface area contributed by atoms with Gasteiger partial charge in [-0.15, -0.1) is 0 Å². The fourth-order valence-electron chi connectivity index (χ4n) is 2.24. The van der Waals surface area contributed by atoms with Crippen molar-refractivity contribution in [3.63, 3.8) is 0 Å². The molecular weight excluding hydrogens is 411 g/mol. The van der Waals surface area contributed by atoms with Crippen LogP contribution in [0.15, 0.2) is 57.9 Å². The fraction of sp³-hybridized carbons (Fsp3) is 0.278. The second-order valence-electron chi connectivity index (χ2n) is 6.17. The van der Waals surface area contributed by atoms with Gasteiger partial charge in [-0.3, -0.25) is 5.43 Å². The van der Waals surface area contributed by atoms with Crippen LogP contribution in [0.4, 0.5) is 13.2 Å². The molecule has 7 nitrogen and oxygen atoms in total. The van der Waals surface area contributed by atoms with Gasteiger partial charge in [0, 0.05) is 31.7 Å². The highest BCUT2D eigenvalue weighted by Gasteiger charge is 2.39. The lowest BCUT2D eigenvalue weighted by Crippen LogP contribution is -2.42. The van der Waals surface area contributed by atoms with Gasteiger partial charge in [-0.1, -0.05) is 12.1 Å². The topological polar surface area (TPSA) is 89.0 Å². The molecule has 1 aliphatic rings. The number of hydrogen-bond donors (Lipinski definition) is 2. The lowest BCUT2D eigenvalue weighted by atomic mass is 10.1. The van der Waals surface area contributed by atoms with Crippen LogP contribution in [0.2, 0.25) is 0 Å². The smallest absolute Gasteiger partial charge is 0.419 e. The van der Waals surface area contributed by atoms with Crippen LogP contribution in [0.25, 0.3) is 0 Å². The molecule has 1 saturated heterocycles. The maximum atomic E-state index is 12.5. The summed E-state index contributed by atoms with van der Waals surface area (Å²) in [5.74, 6) is -2.83. The molecule has 29 heavy (non-hydrogen) atoms. The number of carbonyl (C=O) groups is 2. The SMILES string of the molecule is C=NN/C(=C\Cc1cccc(SC(F)(F)F)c1)NC=C1C(=O)OC(C)(C)OC1=O. The van der Waals surface area contributed by atoms with E-state index >= 15 is 0 Å². The Hall–Kier alpha value is -2.95. The van der Waals surface area contributed by atoms with E-state index in [1.807, 2.05) is 0 Å². The van der Waals surface area contributed by atoms with Crippen molar-refractivity contribution in [1.29, 1.82) is 0 Å². The van der Waals surface area contributed by atoms with Crippen LogP contribution < -0.4 is 10.7 Å². The van der Waals surface area contributed by atoms with Gasteiger partial charge in [0.1, 0.15) is 5.82 Å². The first-order chi connectivity index (χ1) is 13.5. The second kappa shape index (κ2) is 9.03. The number of allylic oxidation sites excluding steroid dienone is 1. The molecule has 0 aliphatic carbocycles. The lowest BCUT2D eigenvalue weighted by Gasteiger charge is -2.29. The zero-order valence-corrected chi connectivity index (χ0v) is 16.3. The molecule has 0 saturated carbocycles. The number of cyclic esters (lactones) is 2. The van der Waals surface area contributed by atoms with Crippen molar-refractivity contribution < 1.29 is 32.2 Å². The monoisotopic (exact) mass is 429 g/mol. The van der Waals surface area contributed by atoms with Crippen molar-refractivity contribution in [2.45, 2.75) is 36.5 Å². The highest BCUT2D eigenvalue weighted by atomic mass is 32.2. The minimum atomic E-state index is -4.38. The van der Waals surface area contributed by atoms with Crippen molar-refractivity contribution in [3.05, 3.63) is 53.5 Å². The lowest BCUT2D eigenvalue weighted by molar-refractivity contribution is -0.222. The van der Waals surface area contributed by atoms with Crippen LogP contribution in [-0.4, -0.2) is 30.0 Å². The molecule has 2 rings (SSSR count). The molecule has 1 fully saturated rings. The average molecular weight is 429 g/mol. The number of benzene rings is 1. The van der Waals surface area contributed by atoms with Crippen LogP contribution >= 0.6 is 11.8 Å². The van der Waals surface area contributed by atoms with Gasteiger partial charge < -0.3 is 14.8 Å². The Morgan fingerprint density at radius 2 is 1.93 bits per heavy atom. The zero-order chi connectivity index (χ0) is 21.7. The van der Waals surface area contributed by atoms with Crippen molar-refractivity contribution in [2.24, 2.45) is 5.10 Å². The number of carbonyl (C=O) groups excluding carboxylic acids is 2. The Morgan fingerprint density at radius 3 is 2.52 bits per heavy atom. The van der Waals surface area contributed by atoms with Gasteiger partial charge in [-0.25, -0.2) is 9.59 Å². The van der Waals surface area contributed by atoms with E-state index < -0.39 is 23.2 Å². The molecule has 1 aromatic carbocycles. The van der Waals surface area contributed by atoms with Crippen LogP contribution in [0.1, 0.15) is 19.4 Å². The molecule has 1 aliphatic heterocycles. The maximum Gasteiger partial charge on any atom is 0.446 e. The third-order valence-electron chi connectivity index (χ3n) is 3.36. The molecule has 11 heteroatoms. The van der Waals surface area contributed by atoms with E-state index in [2.05, 4.69) is 22.6 Å². The van der Waals surface area contributed by atoms with Crippen LogP contribution in [0.5, 0.6) is 0 Å². The normalized spacial score (nSPS) is 16.6. The summed E-state index contributed by atoms with van der Waals surface area (Å²) in [6, 6.07) is 5.94. The average Bonchev–Trinajstić information content (AvgIpc) is 2.56. The molecule has 1 aromatic rings. The van der Waals surface area contributed by atoms with E-state index in [1.54, 1.807) is 12.1 Å². The largest absolute Gasteiger partial charge is 0.446 e. The van der Waals surface area contributed by atoms with Gasteiger partial charge in [0.05, 0.1) is 0 Å². The summed E-state index contributed by atoms with van der Waals surface area (Å²) in [5.41, 5.74) is -1.60. The third kappa shape index (κ3) is 7.18. The van der Waals surface area contributed by atoms with Crippen LogP contribution in [-0.2, 0) is 25.5 Å². The Bertz CT molecular complexity index is 844. The number of rotatable bonds is 7. The summed E-state index contributed by atoms with van der Waals surface area (Å²) < 4.78 is 47.5. The first-order valence-electron chi connectivity index (χ1n) is 8.19. The number of hydrogen-bond acceptors (Lipinski definition) is 8. The van der Waals surface area contributed by atoms with Gasteiger partial charge in [-0.2, -0.15) is 18.3 Å². The maximum absolute atomic E-state index is 12.5. The fourth-order valence-corrected chi connectivity index (χ4v) is 2.86. The number of ether oxygens (including phenoxy) is 2. The van der Waals surface area contributed by atoms with Crippen molar-refractivity contribution in [3.8, 4) is 0 Å². The minimum Gasteiger partial charge on any atom is -0.419 e. The second-order valence-corrected chi connectivity index (χ2v) is 7.31. The molecule has 0 radical (unpaired) electrons. The number of halogens is 3. The molecule has 2 N–H and O–H groups in total. The number of esters is 2. The van der Waals surface area contributed by atoms with Gasteiger partial charge in [0.25, 0.3) is 5.79 Å². The first-order valence-corrected chi connectivity index (χ1v) is 9.01. The number of nitrogens with one attached hydrogen (secondary N) is 2. The van der Waals surface area contributed by atoms with E-state index in [0.29, 0.717) is 5.56 Å². The van der Waals surface area contributed by atoms with Crippen molar-refractivity contribution >= 4 is 30.4 Å². The molecule has 0 aromatic heterocycles. The molecule has 0 bridgehead atoms. The third-order valence-corrected chi connectivity index (χ3v) is 4.08. The molecule has 0 atom stereocenters. The molecule has 0 unspecified atom stereocenters. The van der Waals surface area contributed by atoms with Crippen LogP contribution in [0.3, 0.4) is 0 Å². The summed E-state index contributed by atoms with van der Waals surface area (Å²) in [6.45, 7) is 6.13.